The van der Waals surface area contributed by atoms with Crippen LogP contribution < -0.4 is 0 Å². The van der Waals surface area contributed by atoms with Crippen molar-refractivity contribution >= 4 is 11.6 Å². The van der Waals surface area contributed by atoms with Gasteiger partial charge in [-0.1, -0.05) is 11.8 Å². The molecule has 0 spiro atoms. The zero-order valence-corrected chi connectivity index (χ0v) is 6.97. The summed E-state index contributed by atoms with van der Waals surface area (Å²) in [4.78, 5) is 0. The predicted molar refractivity (Wildman–Crippen MR) is 47.4 cm³/mol. The highest BCUT2D eigenvalue weighted by Crippen LogP contribution is 2.24. The van der Waals surface area contributed by atoms with E-state index in [1.165, 1.54) is 12.1 Å². The molecule has 1 aromatic carbocycles. The molecule has 0 aliphatic heterocycles. The Hall–Kier alpha value is -1.33. The van der Waals surface area contributed by atoms with Gasteiger partial charge in [0.2, 0.25) is 0 Å². The Labute approximate surface area is 75.4 Å². The fourth-order valence-electron chi connectivity index (χ4n) is 0.737. The average molecular weight is 183 g/mol. The number of aromatic hydroxyl groups is 2. The van der Waals surface area contributed by atoms with Crippen LogP contribution in [0.3, 0.4) is 0 Å². The van der Waals surface area contributed by atoms with Crippen LogP contribution in [0.2, 0.25) is 0 Å². The van der Waals surface area contributed by atoms with E-state index in [0.29, 0.717) is 5.56 Å². The molecule has 0 amide bonds. The summed E-state index contributed by atoms with van der Waals surface area (Å²) in [7, 11) is 0. The largest absolute Gasteiger partial charge is 0.504 e. The molecule has 12 heavy (non-hydrogen) atoms. The lowest BCUT2D eigenvalue weighted by Gasteiger charge is -1.95. The van der Waals surface area contributed by atoms with Crippen LogP contribution in [0.25, 0.3) is 0 Å². The van der Waals surface area contributed by atoms with Crippen molar-refractivity contribution in [1.29, 1.82) is 0 Å². The standard InChI is InChI=1S/C9H7ClO2/c10-5-1-2-7-3-4-8(11)9(12)6-7/h3-4,6,11-12H,5H2. The first-order valence-electron chi connectivity index (χ1n) is 3.31. The fourth-order valence-corrected chi connectivity index (χ4v) is 0.803. The van der Waals surface area contributed by atoms with E-state index < -0.39 is 0 Å². The molecule has 0 aliphatic carbocycles. The second-order valence-corrected chi connectivity index (χ2v) is 2.41. The first-order chi connectivity index (χ1) is 5.74. The molecular weight excluding hydrogens is 176 g/mol. The van der Waals surface area contributed by atoms with E-state index in [1.807, 2.05) is 0 Å². The van der Waals surface area contributed by atoms with Gasteiger partial charge in [0.1, 0.15) is 0 Å². The monoisotopic (exact) mass is 182 g/mol. The van der Waals surface area contributed by atoms with Gasteiger partial charge >= 0.3 is 0 Å². The van der Waals surface area contributed by atoms with Crippen molar-refractivity contribution in [1.82, 2.24) is 0 Å². The van der Waals surface area contributed by atoms with Gasteiger partial charge in [0.05, 0.1) is 5.88 Å². The van der Waals surface area contributed by atoms with E-state index in [9.17, 15) is 0 Å². The first kappa shape index (κ1) is 8.76. The van der Waals surface area contributed by atoms with Gasteiger partial charge in [-0.15, -0.1) is 11.6 Å². The highest BCUT2D eigenvalue weighted by Gasteiger charge is 1.96. The molecule has 2 N–H and O–H groups in total. The minimum atomic E-state index is -0.170. The number of rotatable bonds is 0. The molecule has 0 aromatic heterocycles. The lowest BCUT2D eigenvalue weighted by atomic mass is 10.2. The van der Waals surface area contributed by atoms with Crippen molar-refractivity contribution in [3.8, 4) is 23.3 Å². The third kappa shape index (κ3) is 2.08. The Morgan fingerprint density at radius 2 is 2.00 bits per heavy atom. The molecule has 0 aliphatic rings. The Morgan fingerprint density at radius 1 is 1.25 bits per heavy atom. The summed E-state index contributed by atoms with van der Waals surface area (Å²) in [6, 6.07) is 4.37. The molecule has 0 fully saturated rings. The summed E-state index contributed by atoms with van der Waals surface area (Å²) < 4.78 is 0. The maximum absolute atomic E-state index is 9.05. The lowest BCUT2D eigenvalue weighted by Crippen LogP contribution is -1.74. The van der Waals surface area contributed by atoms with Crippen LogP contribution in [0.4, 0.5) is 0 Å². The van der Waals surface area contributed by atoms with Crippen molar-refractivity contribution in [2.75, 3.05) is 5.88 Å². The summed E-state index contributed by atoms with van der Waals surface area (Å²) in [5, 5.41) is 18.0. The van der Waals surface area contributed by atoms with Gasteiger partial charge in [-0.05, 0) is 18.2 Å². The van der Waals surface area contributed by atoms with Crippen molar-refractivity contribution in [3.63, 3.8) is 0 Å². The molecule has 0 atom stereocenters. The second-order valence-electron chi connectivity index (χ2n) is 2.14. The highest BCUT2D eigenvalue weighted by molar-refractivity contribution is 6.19. The molecule has 0 radical (unpaired) electrons. The van der Waals surface area contributed by atoms with Gasteiger partial charge in [-0.3, -0.25) is 0 Å². The number of hydrogen-bond acceptors (Lipinski definition) is 2. The van der Waals surface area contributed by atoms with Gasteiger partial charge in [-0.25, -0.2) is 0 Å². The Kier molecular flexibility index (Phi) is 2.84. The topological polar surface area (TPSA) is 40.5 Å². The normalized spacial score (nSPS) is 8.75. The summed E-state index contributed by atoms with van der Waals surface area (Å²) in [6.07, 6.45) is 0. The van der Waals surface area contributed by atoms with Crippen LogP contribution in [-0.4, -0.2) is 16.1 Å². The van der Waals surface area contributed by atoms with Crippen LogP contribution in [0.15, 0.2) is 18.2 Å². The highest BCUT2D eigenvalue weighted by atomic mass is 35.5. The number of benzene rings is 1. The SMILES string of the molecule is Oc1ccc(C#CCCl)cc1O. The minimum Gasteiger partial charge on any atom is -0.504 e. The van der Waals surface area contributed by atoms with Crippen molar-refractivity contribution in [3.05, 3.63) is 23.8 Å². The number of halogens is 1. The van der Waals surface area contributed by atoms with E-state index in [4.69, 9.17) is 21.8 Å². The third-order valence-electron chi connectivity index (χ3n) is 1.27. The molecule has 1 aromatic rings. The van der Waals surface area contributed by atoms with Crippen molar-refractivity contribution in [2.24, 2.45) is 0 Å². The maximum Gasteiger partial charge on any atom is 0.158 e. The fraction of sp³-hybridized carbons (Fsp3) is 0.111. The molecule has 0 heterocycles. The van der Waals surface area contributed by atoms with E-state index in [2.05, 4.69) is 11.8 Å². The van der Waals surface area contributed by atoms with Gasteiger partial charge in [-0.2, -0.15) is 0 Å². The summed E-state index contributed by atoms with van der Waals surface area (Å²) in [5.41, 5.74) is 0.631. The van der Waals surface area contributed by atoms with Crippen LogP contribution >= 0.6 is 11.6 Å². The van der Waals surface area contributed by atoms with E-state index >= 15 is 0 Å². The van der Waals surface area contributed by atoms with Crippen LogP contribution in [0.5, 0.6) is 11.5 Å². The van der Waals surface area contributed by atoms with Gasteiger partial charge < -0.3 is 10.2 Å². The van der Waals surface area contributed by atoms with Crippen molar-refractivity contribution < 1.29 is 10.2 Å². The van der Waals surface area contributed by atoms with Gasteiger partial charge in [0.25, 0.3) is 0 Å². The van der Waals surface area contributed by atoms with Gasteiger partial charge in [0, 0.05) is 5.56 Å². The van der Waals surface area contributed by atoms with Crippen molar-refractivity contribution in [2.45, 2.75) is 0 Å². The lowest BCUT2D eigenvalue weighted by molar-refractivity contribution is 0.403. The maximum atomic E-state index is 9.05. The number of phenols is 2. The molecule has 62 valence electrons. The van der Waals surface area contributed by atoms with Gasteiger partial charge in [0.15, 0.2) is 11.5 Å². The zero-order valence-electron chi connectivity index (χ0n) is 6.21. The van der Waals surface area contributed by atoms with Crippen LogP contribution in [0.1, 0.15) is 5.56 Å². The Morgan fingerprint density at radius 3 is 2.58 bits per heavy atom. The molecule has 0 bridgehead atoms. The molecule has 0 saturated carbocycles. The molecular formula is C9H7ClO2. The number of alkyl halides is 1. The van der Waals surface area contributed by atoms with E-state index in [1.54, 1.807) is 6.07 Å². The third-order valence-corrected chi connectivity index (χ3v) is 1.41. The first-order valence-corrected chi connectivity index (χ1v) is 3.84. The Balaban J connectivity index is 2.97. The zero-order chi connectivity index (χ0) is 8.97. The summed E-state index contributed by atoms with van der Waals surface area (Å²) >= 11 is 5.34. The Bertz CT molecular complexity index is 336. The summed E-state index contributed by atoms with van der Waals surface area (Å²) in [6.45, 7) is 0. The minimum absolute atomic E-state index is 0.147. The number of hydrogen-bond donors (Lipinski definition) is 2. The van der Waals surface area contributed by atoms with Crippen LogP contribution in [0, 0.1) is 11.8 Å². The second kappa shape index (κ2) is 3.89. The average Bonchev–Trinajstić information content (AvgIpc) is 2.07. The molecule has 2 nitrogen and oxygen atoms in total. The molecule has 0 saturated heterocycles. The predicted octanol–water partition coefficient (Wildman–Crippen LogP) is 1.69. The van der Waals surface area contributed by atoms with Crippen LogP contribution in [-0.2, 0) is 0 Å². The quantitative estimate of drug-likeness (QED) is 0.364. The molecule has 3 heteroatoms. The summed E-state index contributed by atoms with van der Waals surface area (Å²) in [5.74, 6) is 5.28. The number of phenolic OH excluding ortho intramolecular Hbond substituents is 2. The smallest absolute Gasteiger partial charge is 0.158 e. The van der Waals surface area contributed by atoms with E-state index in [-0.39, 0.29) is 17.4 Å². The van der Waals surface area contributed by atoms with E-state index in [0.717, 1.165) is 0 Å². The molecule has 0 unspecified atom stereocenters. The molecule has 1 rings (SSSR count).